The number of para-hydroxylation sites is 1. The first-order chi connectivity index (χ1) is 12.4. The van der Waals surface area contributed by atoms with Crippen molar-refractivity contribution in [2.45, 2.75) is 25.4 Å². The van der Waals surface area contributed by atoms with E-state index >= 15 is 0 Å². The van der Waals surface area contributed by atoms with Gasteiger partial charge in [-0.3, -0.25) is 9.59 Å². The number of aliphatic carboxylic acids is 1. The average molecular weight is 414 g/mol. The highest BCUT2D eigenvalue weighted by atomic mass is 35.5. The number of halogens is 3. The molecule has 1 saturated carbocycles. The second kappa shape index (κ2) is 7.87. The van der Waals surface area contributed by atoms with Gasteiger partial charge >= 0.3 is 5.97 Å². The Bertz CT molecular complexity index is 866. The van der Waals surface area contributed by atoms with Crippen LogP contribution < -0.4 is 4.74 Å². The molecule has 7 heteroatoms. The summed E-state index contributed by atoms with van der Waals surface area (Å²) < 4.78 is 5.94. The molecule has 0 heterocycles. The molecule has 0 aliphatic heterocycles. The summed E-state index contributed by atoms with van der Waals surface area (Å²) in [5.74, 6) is -1.16. The normalized spacial score (nSPS) is 19.3. The second-order valence-corrected chi connectivity index (χ2v) is 7.30. The number of ketones is 1. The van der Waals surface area contributed by atoms with E-state index in [0.717, 1.165) is 0 Å². The first kappa shape index (κ1) is 19.0. The van der Waals surface area contributed by atoms with Crippen molar-refractivity contribution >= 4 is 46.6 Å². The van der Waals surface area contributed by atoms with Gasteiger partial charge in [-0.15, -0.1) is 0 Å². The van der Waals surface area contributed by atoms with Crippen molar-refractivity contribution in [3.05, 3.63) is 62.6 Å². The van der Waals surface area contributed by atoms with Crippen LogP contribution in [-0.2, 0) is 4.79 Å². The van der Waals surface area contributed by atoms with E-state index in [4.69, 9.17) is 44.6 Å². The van der Waals surface area contributed by atoms with Crippen molar-refractivity contribution in [2.75, 3.05) is 0 Å². The van der Waals surface area contributed by atoms with Gasteiger partial charge in [0.25, 0.3) is 0 Å². The quantitative estimate of drug-likeness (QED) is 0.518. The molecule has 0 radical (unpaired) electrons. The van der Waals surface area contributed by atoms with Crippen LogP contribution in [0.5, 0.6) is 5.75 Å². The van der Waals surface area contributed by atoms with Gasteiger partial charge in [-0.25, -0.2) is 0 Å². The summed E-state index contributed by atoms with van der Waals surface area (Å²) in [5, 5.41) is 9.60. The summed E-state index contributed by atoms with van der Waals surface area (Å²) in [7, 11) is 0. The summed E-state index contributed by atoms with van der Waals surface area (Å²) in [6.45, 7) is 0. The zero-order chi connectivity index (χ0) is 18.8. The number of hydrogen-bond acceptors (Lipinski definition) is 3. The van der Waals surface area contributed by atoms with Crippen molar-refractivity contribution in [2.24, 2.45) is 5.92 Å². The average Bonchev–Trinajstić information content (AvgIpc) is 3.09. The Hall–Kier alpha value is -1.75. The summed E-state index contributed by atoms with van der Waals surface area (Å²) in [4.78, 5) is 24.0. The van der Waals surface area contributed by atoms with Gasteiger partial charge in [0.2, 0.25) is 0 Å². The van der Waals surface area contributed by atoms with Crippen LogP contribution in [0.2, 0.25) is 15.1 Å². The summed E-state index contributed by atoms with van der Waals surface area (Å²) >= 11 is 18.1. The zero-order valence-corrected chi connectivity index (χ0v) is 15.8. The number of rotatable bonds is 5. The highest BCUT2D eigenvalue weighted by Crippen LogP contribution is 2.36. The lowest BCUT2D eigenvalue weighted by Gasteiger charge is -2.17. The maximum atomic E-state index is 12.9. The molecule has 0 unspecified atom stereocenters. The lowest BCUT2D eigenvalue weighted by atomic mass is 10.0. The Labute approximate surface area is 165 Å². The predicted molar refractivity (Wildman–Crippen MR) is 101 cm³/mol. The molecule has 0 aromatic heterocycles. The molecule has 1 fully saturated rings. The first-order valence-corrected chi connectivity index (χ1v) is 9.18. The van der Waals surface area contributed by atoms with E-state index in [1.165, 1.54) is 12.1 Å². The monoisotopic (exact) mass is 412 g/mol. The van der Waals surface area contributed by atoms with Crippen molar-refractivity contribution in [1.82, 2.24) is 0 Å². The van der Waals surface area contributed by atoms with Crippen LogP contribution >= 0.6 is 34.8 Å². The Morgan fingerprint density at radius 1 is 0.962 bits per heavy atom. The van der Waals surface area contributed by atoms with Crippen LogP contribution in [0.4, 0.5) is 0 Å². The first-order valence-electron chi connectivity index (χ1n) is 8.05. The predicted octanol–water partition coefficient (Wildman–Crippen LogP) is 5.51. The van der Waals surface area contributed by atoms with Gasteiger partial charge in [0.1, 0.15) is 5.75 Å². The SMILES string of the molecule is O=C(c1ccccc1O[C@H]1CC[C@H](C(=O)O)C1)c1ccc(Cl)c(Cl)c1Cl. The smallest absolute Gasteiger partial charge is 0.306 e. The minimum absolute atomic E-state index is 0.0887. The molecular formula is C19H15Cl3O4. The molecule has 26 heavy (non-hydrogen) atoms. The lowest BCUT2D eigenvalue weighted by Crippen LogP contribution is -2.17. The van der Waals surface area contributed by atoms with E-state index in [-0.39, 0.29) is 32.5 Å². The third-order valence-corrected chi connectivity index (χ3v) is 5.73. The minimum Gasteiger partial charge on any atom is -0.490 e. The number of carbonyl (C=O) groups is 2. The van der Waals surface area contributed by atoms with E-state index in [0.29, 0.717) is 30.6 Å². The Balaban J connectivity index is 1.87. The molecule has 1 N–H and O–H groups in total. The summed E-state index contributed by atoms with van der Waals surface area (Å²) in [6, 6.07) is 9.84. The number of carbonyl (C=O) groups excluding carboxylic acids is 1. The molecule has 0 bridgehead atoms. The zero-order valence-electron chi connectivity index (χ0n) is 13.5. The van der Waals surface area contributed by atoms with Crippen molar-refractivity contribution in [1.29, 1.82) is 0 Å². The van der Waals surface area contributed by atoms with Gasteiger partial charge in [0, 0.05) is 5.56 Å². The topological polar surface area (TPSA) is 63.6 Å². The van der Waals surface area contributed by atoms with Crippen LogP contribution in [0.1, 0.15) is 35.2 Å². The molecule has 136 valence electrons. The highest BCUT2D eigenvalue weighted by Gasteiger charge is 2.32. The van der Waals surface area contributed by atoms with E-state index in [1.54, 1.807) is 24.3 Å². The van der Waals surface area contributed by atoms with Crippen molar-refractivity contribution < 1.29 is 19.4 Å². The molecule has 1 aliphatic rings. The Kier molecular flexibility index (Phi) is 5.76. The second-order valence-electron chi connectivity index (χ2n) is 6.14. The van der Waals surface area contributed by atoms with Crippen LogP contribution in [0, 0.1) is 5.92 Å². The van der Waals surface area contributed by atoms with Crippen molar-refractivity contribution in [3.8, 4) is 5.75 Å². The molecule has 2 atom stereocenters. The Morgan fingerprint density at radius 2 is 1.69 bits per heavy atom. The number of ether oxygens (including phenoxy) is 1. The maximum Gasteiger partial charge on any atom is 0.306 e. The van der Waals surface area contributed by atoms with E-state index in [2.05, 4.69) is 0 Å². The van der Waals surface area contributed by atoms with Crippen LogP contribution in [-0.4, -0.2) is 23.0 Å². The Morgan fingerprint density at radius 3 is 2.38 bits per heavy atom. The fraction of sp³-hybridized carbons (Fsp3) is 0.263. The van der Waals surface area contributed by atoms with E-state index < -0.39 is 11.9 Å². The summed E-state index contributed by atoms with van der Waals surface area (Å²) in [6.07, 6.45) is 1.38. The third kappa shape index (κ3) is 3.83. The fourth-order valence-electron chi connectivity index (χ4n) is 3.05. The number of benzene rings is 2. The van der Waals surface area contributed by atoms with E-state index in [9.17, 15) is 9.59 Å². The largest absolute Gasteiger partial charge is 0.490 e. The molecule has 1 aliphatic carbocycles. The highest BCUT2D eigenvalue weighted by molar-refractivity contribution is 6.49. The molecule has 3 rings (SSSR count). The van der Waals surface area contributed by atoms with Crippen molar-refractivity contribution in [3.63, 3.8) is 0 Å². The molecule has 2 aromatic carbocycles. The minimum atomic E-state index is -0.817. The molecule has 0 saturated heterocycles. The van der Waals surface area contributed by atoms with Crippen LogP contribution in [0.15, 0.2) is 36.4 Å². The van der Waals surface area contributed by atoms with Gasteiger partial charge in [-0.2, -0.15) is 0 Å². The number of hydrogen-bond donors (Lipinski definition) is 1. The number of carboxylic acid groups (broad SMARTS) is 1. The fourth-order valence-corrected chi connectivity index (χ4v) is 3.68. The van der Waals surface area contributed by atoms with Crippen LogP contribution in [0.25, 0.3) is 0 Å². The third-order valence-electron chi connectivity index (χ3n) is 4.44. The standard InChI is InChI=1S/C19H15Cl3O4/c20-14-8-7-13(16(21)17(14)22)18(23)12-3-1-2-4-15(12)26-11-6-5-10(9-11)19(24)25/h1-4,7-8,10-11H,5-6,9H2,(H,24,25)/t10-,11-/m0/s1. The van der Waals surface area contributed by atoms with Crippen LogP contribution in [0.3, 0.4) is 0 Å². The van der Waals surface area contributed by atoms with Gasteiger partial charge in [-0.1, -0.05) is 46.9 Å². The molecule has 2 aromatic rings. The molecule has 0 spiro atoms. The molecule has 0 amide bonds. The van der Waals surface area contributed by atoms with Gasteiger partial charge in [0.15, 0.2) is 5.78 Å². The van der Waals surface area contributed by atoms with Gasteiger partial charge in [0.05, 0.1) is 32.7 Å². The van der Waals surface area contributed by atoms with Gasteiger partial charge < -0.3 is 9.84 Å². The maximum absolute atomic E-state index is 12.9. The van der Waals surface area contributed by atoms with Gasteiger partial charge in [-0.05, 0) is 43.5 Å². The molecule has 4 nitrogen and oxygen atoms in total. The summed E-state index contributed by atoms with van der Waals surface area (Å²) in [5.41, 5.74) is 0.568. The number of carboxylic acids is 1. The van der Waals surface area contributed by atoms with E-state index in [1.807, 2.05) is 0 Å². The molecular weight excluding hydrogens is 399 g/mol. The lowest BCUT2D eigenvalue weighted by molar-refractivity contribution is -0.141.